The van der Waals surface area contributed by atoms with E-state index < -0.39 is 4.92 Å². The van der Waals surface area contributed by atoms with E-state index >= 15 is 0 Å². The second kappa shape index (κ2) is 7.23. The van der Waals surface area contributed by atoms with Gasteiger partial charge in [0.2, 0.25) is 4.80 Å². The van der Waals surface area contributed by atoms with Gasteiger partial charge in [0, 0.05) is 18.5 Å². The Bertz CT molecular complexity index is 1000. The van der Waals surface area contributed by atoms with Gasteiger partial charge in [0.15, 0.2) is 0 Å². The Kier molecular flexibility index (Phi) is 4.85. The van der Waals surface area contributed by atoms with Crippen molar-refractivity contribution < 1.29 is 4.92 Å². The molecule has 0 spiro atoms. The summed E-state index contributed by atoms with van der Waals surface area (Å²) in [5.74, 6) is 0. The van der Waals surface area contributed by atoms with Crippen LogP contribution in [0.5, 0.6) is 0 Å². The summed E-state index contributed by atoms with van der Waals surface area (Å²) in [6.45, 7) is 2.05. The van der Waals surface area contributed by atoms with Crippen molar-refractivity contribution >= 4 is 23.2 Å². The zero-order valence-electron chi connectivity index (χ0n) is 13.8. The van der Waals surface area contributed by atoms with Crippen LogP contribution in [0.4, 0.5) is 5.69 Å². The number of nitrogens with zero attached hydrogens (tertiary/aromatic N) is 4. The Labute approximate surface area is 148 Å². The van der Waals surface area contributed by atoms with Crippen LogP contribution in [0.2, 0.25) is 0 Å². The molecule has 0 N–H and O–H groups in total. The fourth-order valence-corrected chi connectivity index (χ4v) is 3.21. The minimum atomic E-state index is -0.429. The van der Waals surface area contributed by atoms with E-state index in [0.717, 1.165) is 11.3 Å². The SMILES string of the molecule is Cc1ccc(-c2cs/c(=N\N=C/c3ccccc3[N+](=O)[O-])n2C)cc1. The Morgan fingerprint density at radius 3 is 2.60 bits per heavy atom. The van der Waals surface area contributed by atoms with E-state index in [1.54, 1.807) is 18.2 Å². The predicted octanol–water partition coefficient (Wildman–Crippen LogP) is 3.91. The summed E-state index contributed by atoms with van der Waals surface area (Å²) in [6.07, 6.45) is 1.41. The van der Waals surface area contributed by atoms with Crippen LogP contribution in [0.3, 0.4) is 0 Å². The number of hydrogen-bond acceptors (Lipinski definition) is 5. The van der Waals surface area contributed by atoms with Crippen molar-refractivity contribution in [2.75, 3.05) is 0 Å². The molecular formula is C18H16N4O2S. The minimum absolute atomic E-state index is 0.0114. The quantitative estimate of drug-likeness (QED) is 0.406. The van der Waals surface area contributed by atoms with Crippen molar-refractivity contribution in [2.24, 2.45) is 17.3 Å². The maximum absolute atomic E-state index is 11.0. The van der Waals surface area contributed by atoms with E-state index in [0.29, 0.717) is 10.4 Å². The molecule has 126 valence electrons. The molecule has 0 bridgehead atoms. The van der Waals surface area contributed by atoms with Crippen molar-refractivity contribution in [3.05, 3.63) is 80.0 Å². The molecule has 3 aromatic rings. The molecule has 0 radical (unpaired) electrons. The highest BCUT2D eigenvalue weighted by atomic mass is 32.1. The first-order valence-electron chi connectivity index (χ1n) is 7.58. The molecule has 2 aromatic carbocycles. The monoisotopic (exact) mass is 352 g/mol. The van der Waals surface area contributed by atoms with Crippen LogP contribution < -0.4 is 4.80 Å². The highest BCUT2D eigenvalue weighted by Crippen LogP contribution is 2.19. The third-order valence-corrected chi connectivity index (χ3v) is 4.65. The van der Waals surface area contributed by atoms with E-state index in [-0.39, 0.29) is 5.69 Å². The molecule has 0 amide bonds. The van der Waals surface area contributed by atoms with Gasteiger partial charge in [-0.2, -0.15) is 5.10 Å². The Hall–Kier alpha value is -3.06. The number of hydrogen-bond donors (Lipinski definition) is 0. The number of aryl methyl sites for hydroxylation is 1. The average Bonchev–Trinajstić information content (AvgIpc) is 2.97. The van der Waals surface area contributed by atoms with E-state index in [2.05, 4.69) is 41.4 Å². The largest absolute Gasteiger partial charge is 0.318 e. The van der Waals surface area contributed by atoms with Crippen LogP contribution in [0.15, 0.2) is 64.1 Å². The molecule has 0 atom stereocenters. The van der Waals surface area contributed by atoms with Crippen molar-refractivity contribution in [1.82, 2.24) is 4.57 Å². The zero-order valence-corrected chi connectivity index (χ0v) is 14.6. The van der Waals surface area contributed by atoms with Crippen LogP contribution >= 0.6 is 11.3 Å². The van der Waals surface area contributed by atoms with Gasteiger partial charge in [-0.15, -0.1) is 16.4 Å². The zero-order chi connectivity index (χ0) is 17.8. The molecule has 0 saturated heterocycles. The van der Waals surface area contributed by atoms with Crippen LogP contribution in [0, 0.1) is 17.0 Å². The molecule has 1 heterocycles. The summed E-state index contributed by atoms with van der Waals surface area (Å²) in [5, 5.41) is 21.2. The number of benzene rings is 2. The van der Waals surface area contributed by atoms with Crippen LogP contribution in [0.1, 0.15) is 11.1 Å². The van der Waals surface area contributed by atoms with Gasteiger partial charge in [-0.25, -0.2) is 0 Å². The first kappa shape index (κ1) is 16.8. The van der Waals surface area contributed by atoms with E-state index in [1.807, 2.05) is 17.0 Å². The molecule has 0 saturated carbocycles. The topological polar surface area (TPSA) is 72.8 Å². The van der Waals surface area contributed by atoms with Crippen molar-refractivity contribution in [2.45, 2.75) is 6.92 Å². The lowest BCUT2D eigenvalue weighted by Crippen LogP contribution is -2.10. The van der Waals surface area contributed by atoms with Gasteiger partial charge in [0.05, 0.1) is 22.4 Å². The first-order valence-corrected chi connectivity index (χ1v) is 8.46. The fraction of sp³-hybridized carbons (Fsp3) is 0.111. The molecule has 7 heteroatoms. The van der Waals surface area contributed by atoms with Crippen LogP contribution in [-0.2, 0) is 7.05 Å². The van der Waals surface area contributed by atoms with Gasteiger partial charge in [0.25, 0.3) is 5.69 Å². The standard InChI is InChI=1S/C18H16N4O2S/c1-13-7-9-14(10-8-13)17-12-25-18(21(17)2)20-19-11-15-5-3-4-6-16(15)22(23)24/h3-12H,1-2H3/b19-11-,20-18-. The summed E-state index contributed by atoms with van der Waals surface area (Å²) >= 11 is 1.47. The van der Waals surface area contributed by atoms with Crippen LogP contribution in [0.25, 0.3) is 11.3 Å². The molecule has 0 fully saturated rings. The molecule has 0 aliphatic rings. The number of nitro groups is 1. The normalized spacial score (nSPS) is 12.0. The lowest BCUT2D eigenvalue weighted by atomic mass is 10.1. The van der Waals surface area contributed by atoms with E-state index in [9.17, 15) is 10.1 Å². The molecule has 0 aliphatic carbocycles. The Morgan fingerprint density at radius 1 is 1.16 bits per heavy atom. The lowest BCUT2D eigenvalue weighted by Gasteiger charge is -2.02. The fourth-order valence-electron chi connectivity index (χ4n) is 2.35. The van der Waals surface area contributed by atoms with Gasteiger partial charge in [-0.3, -0.25) is 10.1 Å². The summed E-state index contributed by atoms with van der Waals surface area (Å²) in [4.78, 5) is 11.3. The van der Waals surface area contributed by atoms with Crippen molar-refractivity contribution in [3.63, 3.8) is 0 Å². The highest BCUT2D eigenvalue weighted by molar-refractivity contribution is 7.07. The summed E-state index contributed by atoms with van der Waals surface area (Å²) in [7, 11) is 1.92. The second-order valence-electron chi connectivity index (χ2n) is 5.49. The first-order chi connectivity index (χ1) is 12.1. The molecule has 3 rings (SSSR count). The van der Waals surface area contributed by atoms with E-state index in [1.165, 1.54) is 29.2 Å². The summed E-state index contributed by atoms with van der Waals surface area (Å²) in [6, 6.07) is 14.7. The third kappa shape index (κ3) is 3.72. The molecule has 0 unspecified atom stereocenters. The molecular weight excluding hydrogens is 336 g/mol. The van der Waals surface area contributed by atoms with Gasteiger partial charge in [0.1, 0.15) is 0 Å². The second-order valence-corrected chi connectivity index (χ2v) is 6.33. The third-order valence-electron chi connectivity index (χ3n) is 3.75. The predicted molar refractivity (Wildman–Crippen MR) is 99.7 cm³/mol. The highest BCUT2D eigenvalue weighted by Gasteiger charge is 2.09. The smallest absolute Gasteiger partial charge is 0.278 e. The molecule has 25 heavy (non-hydrogen) atoms. The van der Waals surface area contributed by atoms with Gasteiger partial charge >= 0.3 is 0 Å². The summed E-state index contributed by atoms with van der Waals surface area (Å²) in [5.41, 5.74) is 3.80. The van der Waals surface area contributed by atoms with Crippen LogP contribution in [-0.4, -0.2) is 15.7 Å². The van der Waals surface area contributed by atoms with E-state index in [4.69, 9.17) is 0 Å². The Morgan fingerprint density at radius 2 is 1.88 bits per heavy atom. The van der Waals surface area contributed by atoms with Crippen molar-refractivity contribution in [3.8, 4) is 11.3 Å². The molecule has 1 aromatic heterocycles. The molecule has 0 aliphatic heterocycles. The number of thiazole rings is 1. The number of rotatable bonds is 4. The average molecular weight is 352 g/mol. The number of para-hydroxylation sites is 1. The maximum Gasteiger partial charge on any atom is 0.278 e. The van der Waals surface area contributed by atoms with Gasteiger partial charge in [-0.1, -0.05) is 42.0 Å². The number of nitro benzene ring substituents is 1. The minimum Gasteiger partial charge on any atom is -0.318 e. The Balaban J connectivity index is 1.91. The molecule has 6 nitrogen and oxygen atoms in total. The lowest BCUT2D eigenvalue weighted by molar-refractivity contribution is -0.385. The van der Waals surface area contributed by atoms with Gasteiger partial charge in [-0.05, 0) is 18.6 Å². The maximum atomic E-state index is 11.0. The van der Waals surface area contributed by atoms with Crippen molar-refractivity contribution in [1.29, 1.82) is 0 Å². The summed E-state index contributed by atoms with van der Waals surface area (Å²) < 4.78 is 1.95. The number of aromatic nitrogens is 1. The van der Waals surface area contributed by atoms with Gasteiger partial charge < -0.3 is 4.57 Å².